The lowest BCUT2D eigenvalue weighted by atomic mass is 10.1. The van der Waals surface area contributed by atoms with Gasteiger partial charge in [-0.1, -0.05) is 18.2 Å². The number of amides is 1. The van der Waals surface area contributed by atoms with E-state index in [1.54, 1.807) is 12.1 Å². The Morgan fingerprint density at radius 2 is 1.79 bits per heavy atom. The van der Waals surface area contributed by atoms with E-state index in [-0.39, 0.29) is 17.9 Å². The largest absolute Gasteiger partial charge is 0.508 e. The molecule has 98 valence electrons. The fraction of sp³-hybridized carbons (Fsp3) is 0.0714. The minimum Gasteiger partial charge on any atom is -0.508 e. The predicted molar refractivity (Wildman–Crippen MR) is 66.8 cm³/mol. The number of anilines is 1. The second-order valence-corrected chi connectivity index (χ2v) is 3.99. The number of aromatic hydroxyl groups is 1. The third-order valence-electron chi connectivity index (χ3n) is 2.53. The lowest BCUT2D eigenvalue weighted by molar-refractivity contribution is -0.115. The number of hydrogen-bond donors (Lipinski definition) is 2. The summed E-state index contributed by atoms with van der Waals surface area (Å²) < 4.78 is 26.3. The Morgan fingerprint density at radius 1 is 1.11 bits per heavy atom. The molecule has 0 fully saturated rings. The van der Waals surface area contributed by atoms with Gasteiger partial charge in [0.05, 0.1) is 12.1 Å². The number of carbonyl (C=O) groups excluding carboxylic acids is 1. The van der Waals surface area contributed by atoms with E-state index in [1.165, 1.54) is 24.3 Å². The van der Waals surface area contributed by atoms with Crippen LogP contribution in [0.15, 0.2) is 42.5 Å². The molecule has 3 nitrogen and oxygen atoms in total. The monoisotopic (exact) mass is 263 g/mol. The van der Waals surface area contributed by atoms with E-state index in [9.17, 15) is 13.6 Å². The SMILES string of the molecule is O=C(Cc1ccc(O)cc1)Nc1cccc(F)c1F. The van der Waals surface area contributed by atoms with Gasteiger partial charge >= 0.3 is 0 Å². The van der Waals surface area contributed by atoms with Gasteiger partial charge in [-0.2, -0.15) is 0 Å². The van der Waals surface area contributed by atoms with Crippen LogP contribution in [0.5, 0.6) is 5.75 Å². The first-order valence-electron chi connectivity index (χ1n) is 5.58. The van der Waals surface area contributed by atoms with Crippen molar-refractivity contribution in [2.45, 2.75) is 6.42 Å². The number of hydrogen-bond acceptors (Lipinski definition) is 2. The Morgan fingerprint density at radius 3 is 2.47 bits per heavy atom. The minimum absolute atomic E-state index is 0.0102. The lowest BCUT2D eigenvalue weighted by Crippen LogP contribution is -2.15. The molecule has 2 aromatic carbocycles. The molecule has 0 heterocycles. The highest BCUT2D eigenvalue weighted by atomic mass is 19.2. The average Bonchev–Trinajstić information content (AvgIpc) is 2.38. The molecule has 0 saturated heterocycles. The number of phenolic OH excluding ortho intramolecular Hbond substituents is 1. The van der Waals surface area contributed by atoms with Crippen molar-refractivity contribution in [1.82, 2.24) is 0 Å². The maximum absolute atomic E-state index is 13.3. The van der Waals surface area contributed by atoms with E-state index in [1.807, 2.05) is 0 Å². The predicted octanol–water partition coefficient (Wildman–Crippen LogP) is 2.85. The number of benzene rings is 2. The average molecular weight is 263 g/mol. The first-order valence-corrected chi connectivity index (χ1v) is 5.58. The van der Waals surface area contributed by atoms with Crippen LogP contribution in [-0.4, -0.2) is 11.0 Å². The van der Waals surface area contributed by atoms with Crippen LogP contribution >= 0.6 is 0 Å². The Bertz CT molecular complexity index is 597. The Labute approximate surface area is 108 Å². The van der Waals surface area contributed by atoms with Gasteiger partial charge in [-0.3, -0.25) is 4.79 Å². The quantitative estimate of drug-likeness (QED) is 0.894. The minimum atomic E-state index is -1.08. The summed E-state index contributed by atoms with van der Waals surface area (Å²) in [6, 6.07) is 9.64. The molecule has 5 heteroatoms. The van der Waals surface area contributed by atoms with Crippen LogP contribution in [0.25, 0.3) is 0 Å². The molecule has 19 heavy (non-hydrogen) atoms. The zero-order valence-electron chi connectivity index (χ0n) is 9.86. The van der Waals surface area contributed by atoms with Gasteiger partial charge in [0, 0.05) is 0 Å². The number of carbonyl (C=O) groups is 1. The zero-order chi connectivity index (χ0) is 13.8. The van der Waals surface area contributed by atoms with Crippen molar-refractivity contribution in [2.24, 2.45) is 0 Å². The van der Waals surface area contributed by atoms with E-state index < -0.39 is 17.5 Å². The van der Waals surface area contributed by atoms with Gasteiger partial charge in [-0.15, -0.1) is 0 Å². The molecule has 0 bridgehead atoms. The summed E-state index contributed by atoms with van der Waals surface area (Å²) in [6.45, 7) is 0. The highest BCUT2D eigenvalue weighted by Crippen LogP contribution is 2.17. The van der Waals surface area contributed by atoms with Crippen LogP contribution in [0.1, 0.15) is 5.56 Å². The van der Waals surface area contributed by atoms with Gasteiger partial charge in [0.1, 0.15) is 5.75 Å². The fourth-order valence-electron chi connectivity index (χ4n) is 1.59. The third-order valence-corrected chi connectivity index (χ3v) is 2.53. The van der Waals surface area contributed by atoms with Crippen LogP contribution in [0.2, 0.25) is 0 Å². The van der Waals surface area contributed by atoms with Crippen LogP contribution in [0, 0.1) is 11.6 Å². The normalized spacial score (nSPS) is 10.2. The number of halogens is 2. The van der Waals surface area contributed by atoms with Crippen molar-refractivity contribution in [3.8, 4) is 5.75 Å². The fourth-order valence-corrected chi connectivity index (χ4v) is 1.59. The van der Waals surface area contributed by atoms with E-state index >= 15 is 0 Å². The third kappa shape index (κ3) is 3.28. The van der Waals surface area contributed by atoms with Crippen LogP contribution in [0.4, 0.5) is 14.5 Å². The maximum atomic E-state index is 13.3. The van der Waals surface area contributed by atoms with Crippen molar-refractivity contribution in [2.75, 3.05) is 5.32 Å². The Balaban J connectivity index is 2.05. The first-order chi connectivity index (χ1) is 9.06. The molecule has 0 unspecified atom stereocenters. The van der Waals surface area contributed by atoms with Crippen molar-refractivity contribution >= 4 is 11.6 Å². The van der Waals surface area contributed by atoms with Crippen molar-refractivity contribution in [3.63, 3.8) is 0 Å². The van der Waals surface area contributed by atoms with Crippen molar-refractivity contribution in [1.29, 1.82) is 0 Å². The van der Waals surface area contributed by atoms with Crippen molar-refractivity contribution in [3.05, 3.63) is 59.7 Å². The number of nitrogens with one attached hydrogen (secondary N) is 1. The molecule has 2 rings (SSSR count). The number of rotatable bonds is 3. The summed E-state index contributed by atoms with van der Waals surface area (Å²) in [7, 11) is 0. The van der Waals surface area contributed by atoms with Gasteiger partial charge in [0.2, 0.25) is 5.91 Å². The molecule has 0 saturated carbocycles. The molecular weight excluding hydrogens is 252 g/mol. The summed E-state index contributed by atoms with van der Waals surface area (Å²) in [4.78, 5) is 11.7. The standard InChI is InChI=1S/C14H11F2NO2/c15-11-2-1-3-12(14(11)16)17-13(19)8-9-4-6-10(18)7-5-9/h1-7,18H,8H2,(H,17,19). The van der Waals surface area contributed by atoms with Gasteiger partial charge in [0.25, 0.3) is 0 Å². The number of phenols is 1. The molecule has 0 aliphatic heterocycles. The first kappa shape index (κ1) is 13.0. The van der Waals surface area contributed by atoms with E-state index in [0.717, 1.165) is 6.07 Å². The molecule has 0 atom stereocenters. The molecule has 2 aromatic rings. The van der Waals surface area contributed by atoms with E-state index in [0.29, 0.717) is 5.56 Å². The molecule has 2 N–H and O–H groups in total. The van der Waals surface area contributed by atoms with Crippen LogP contribution in [0.3, 0.4) is 0 Å². The van der Waals surface area contributed by atoms with E-state index in [2.05, 4.69) is 5.32 Å². The van der Waals surface area contributed by atoms with Crippen molar-refractivity contribution < 1.29 is 18.7 Å². The molecule has 0 spiro atoms. The molecule has 1 amide bonds. The molecule has 0 aromatic heterocycles. The summed E-state index contributed by atoms with van der Waals surface area (Å²) in [5.74, 6) is -2.46. The molecule has 0 aliphatic carbocycles. The molecule has 0 aliphatic rings. The highest BCUT2D eigenvalue weighted by molar-refractivity contribution is 5.92. The summed E-state index contributed by atoms with van der Waals surface area (Å²) in [5.41, 5.74) is 0.468. The smallest absolute Gasteiger partial charge is 0.228 e. The lowest BCUT2D eigenvalue weighted by Gasteiger charge is -2.07. The Kier molecular flexibility index (Phi) is 3.75. The van der Waals surface area contributed by atoms with Crippen LogP contribution < -0.4 is 5.32 Å². The summed E-state index contributed by atoms with van der Waals surface area (Å²) in [6.07, 6.45) is 0.0102. The van der Waals surface area contributed by atoms with Gasteiger partial charge in [-0.05, 0) is 29.8 Å². The Hall–Kier alpha value is -2.43. The molecule has 0 radical (unpaired) electrons. The zero-order valence-corrected chi connectivity index (χ0v) is 9.86. The van der Waals surface area contributed by atoms with Gasteiger partial charge in [0.15, 0.2) is 11.6 Å². The van der Waals surface area contributed by atoms with Crippen LogP contribution in [-0.2, 0) is 11.2 Å². The van der Waals surface area contributed by atoms with Gasteiger partial charge < -0.3 is 10.4 Å². The maximum Gasteiger partial charge on any atom is 0.228 e. The highest BCUT2D eigenvalue weighted by Gasteiger charge is 2.10. The van der Waals surface area contributed by atoms with Gasteiger partial charge in [-0.25, -0.2) is 8.78 Å². The summed E-state index contributed by atoms with van der Waals surface area (Å²) in [5, 5.41) is 11.4. The molecular formula is C14H11F2NO2. The topological polar surface area (TPSA) is 49.3 Å². The second kappa shape index (κ2) is 5.48. The van der Waals surface area contributed by atoms with E-state index in [4.69, 9.17) is 5.11 Å². The second-order valence-electron chi connectivity index (χ2n) is 3.99. The summed E-state index contributed by atoms with van der Waals surface area (Å²) >= 11 is 0.